The molecule has 2 rings (SSSR count). The van der Waals surface area contributed by atoms with E-state index in [0.717, 1.165) is 6.07 Å². The van der Waals surface area contributed by atoms with Crippen molar-refractivity contribution in [1.29, 1.82) is 0 Å². The summed E-state index contributed by atoms with van der Waals surface area (Å²) >= 11 is 8.53. The summed E-state index contributed by atoms with van der Waals surface area (Å²) in [6, 6.07) is 6.56. The average molecular weight is 366 g/mol. The van der Waals surface area contributed by atoms with Crippen molar-refractivity contribution in [3.05, 3.63) is 68.4 Å². The molecular weight excluding hydrogens is 357 g/mol. The lowest BCUT2D eigenvalue weighted by atomic mass is 10.0. The van der Waals surface area contributed by atoms with Gasteiger partial charge in [-0.1, -0.05) is 29.8 Å². The lowest BCUT2D eigenvalue weighted by Crippen LogP contribution is -2.06. The molecule has 0 fully saturated rings. The smallest absolute Gasteiger partial charge is 0.173 e. The first-order valence-corrected chi connectivity index (χ1v) is 6.83. The van der Waals surface area contributed by atoms with Crippen molar-refractivity contribution in [2.75, 3.05) is 0 Å². The molecule has 0 bridgehead atoms. The van der Waals surface area contributed by atoms with Gasteiger partial charge >= 0.3 is 0 Å². The fourth-order valence-electron chi connectivity index (χ4n) is 1.82. The molecule has 1 N–H and O–H groups in total. The number of benzene rings is 2. The minimum Gasteiger partial charge on any atom is -0.388 e. The monoisotopic (exact) mass is 364 g/mol. The van der Waals surface area contributed by atoms with Gasteiger partial charge in [-0.3, -0.25) is 0 Å². The minimum absolute atomic E-state index is 0.0564. The first kappa shape index (κ1) is 15.4. The summed E-state index contributed by atoms with van der Waals surface area (Å²) in [7, 11) is 0. The molecule has 106 valence electrons. The van der Waals surface area contributed by atoms with E-state index in [4.69, 9.17) is 11.6 Å². The van der Waals surface area contributed by atoms with E-state index in [1.54, 1.807) is 6.07 Å². The number of rotatable bonds is 3. The third kappa shape index (κ3) is 3.00. The normalized spacial score (nSPS) is 12.5. The van der Waals surface area contributed by atoms with Gasteiger partial charge in [-0.25, -0.2) is 13.2 Å². The maximum atomic E-state index is 13.7. The van der Waals surface area contributed by atoms with Crippen molar-refractivity contribution in [2.45, 2.75) is 12.5 Å². The highest BCUT2D eigenvalue weighted by Crippen LogP contribution is 2.31. The average Bonchev–Trinajstić information content (AvgIpc) is 2.41. The van der Waals surface area contributed by atoms with Crippen LogP contribution in [0.2, 0.25) is 5.02 Å². The van der Waals surface area contributed by atoms with Gasteiger partial charge in [0.25, 0.3) is 0 Å². The summed E-state index contributed by atoms with van der Waals surface area (Å²) < 4.78 is 40.0. The fraction of sp³-hybridized carbons (Fsp3) is 0.143. The third-order valence-corrected chi connectivity index (χ3v) is 3.97. The third-order valence-electron chi connectivity index (χ3n) is 2.87. The molecule has 0 aliphatic heterocycles. The van der Waals surface area contributed by atoms with Crippen LogP contribution in [-0.4, -0.2) is 5.11 Å². The highest BCUT2D eigenvalue weighted by Gasteiger charge is 2.19. The van der Waals surface area contributed by atoms with Crippen molar-refractivity contribution >= 4 is 27.5 Å². The molecule has 20 heavy (non-hydrogen) atoms. The van der Waals surface area contributed by atoms with Crippen LogP contribution in [0.5, 0.6) is 0 Å². The number of hydrogen-bond acceptors (Lipinski definition) is 1. The van der Waals surface area contributed by atoms with Crippen LogP contribution in [0.15, 0.2) is 34.8 Å². The number of aliphatic hydroxyl groups is 1. The van der Waals surface area contributed by atoms with Gasteiger partial charge in [-0.15, -0.1) is 0 Å². The molecule has 0 heterocycles. The topological polar surface area (TPSA) is 20.2 Å². The first-order chi connectivity index (χ1) is 9.41. The summed E-state index contributed by atoms with van der Waals surface area (Å²) in [4.78, 5) is 0. The summed E-state index contributed by atoms with van der Waals surface area (Å²) in [5.74, 6) is -2.75. The van der Waals surface area contributed by atoms with Gasteiger partial charge in [0, 0.05) is 6.42 Å². The van der Waals surface area contributed by atoms with Crippen molar-refractivity contribution in [2.24, 2.45) is 0 Å². The zero-order valence-electron chi connectivity index (χ0n) is 10.0. The summed E-state index contributed by atoms with van der Waals surface area (Å²) in [5, 5.41) is 10.0. The summed E-state index contributed by atoms with van der Waals surface area (Å²) in [6.07, 6.45) is -1.29. The summed E-state index contributed by atoms with van der Waals surface area (Å²) in [5.41, 5.74) is 0.338. The largest absolute Gasteiger partial charge is 0.388 e. The molecule has 1 unspecified atom stereocenters. The van der Waals surface area contributed by atoms with Gasteiger partial charge in [0.2, 0.25) is 0 Å². The van der Waals surface area contributed by atoms with Crippen LogP contribution < -0.4 is 0 Å². The highest BCUT2D eigenvalue weighted by molar-refractivity contribution is 9.10. The zero-order valence-corrected chi connectivity index (χ0v) is 12.4. The molecule has 1 atom stereocenters. The van der Waals surface area contributed by atoms with E-state index >= 15 is 0 Å². The Labute approximate surface area is 127 Å². The van der Waals surface area contributed by atoms with E-state index in [1.807, 2.05) is 0 Å². The second-order valence-corrected chi connectivity index (χ2v) is 5.40. The Kier molecular flexibility index (Phi) is 4.73. The molecule has 0 saturated carbocycles. The van der Waals surface area contributed by atoms with Gasteiger partial charge in [0.05, 0.1) is 15.6 Å². The number of aliphatic hydroxyl groups excluding tert-OH is 1. The summed E-state index contributed by atoms with van der Waals surface area (Å²) in [6.45, 7) is 0. The van der Waals surface area contributed by atoms with Gasteiger partial charge < -0.3 is 5.11 Å². The second kappa shape index (κ2) is 6.16. The van der Waals surface area contributed by atoms with Crippen LogP contribution in [0.1, 0.15) is 17.2 Å². The lowest BCUT2D eigenvalue weighted by molar-refractivity contribution is 0.175. The highest BCUT2D eigenvalue weighted by atomic mass is 79.9. The van der Waals surface area contributed by atoms with E-state index in [9.17, 15) is 18.3 Å². The predicted octanol–water partition coefficient (Wildman–Crippen LogP) is 4.80. The van der Waals surface area contributed by atoms with Crippen molar-refractivity contribution in [1.82, 2.24) is 0 Å². The van der Waals surface area contributed by atoms with Gasteiger partial charge in [0.1, 0.15) is 5.82 Å². The zero-order chi connectivity index (χ0) is 14.9. The molecule has 6 heteroatoms. The minimum atomic E-state index is -1.19. The molecule has 0 aliphatic carbocycles. The van der Waals surface area contributed by atoms with Crippen molar-refractivity contribution in [3.63, 3.8) is 0 Å². The molecular formula is C14H9BrClF3O. The van der Waals surface area contributed by atoms with E-state index in [2.05, 4.69) is 15.9 Å². The molecule has 0 radical (unpaired) electrons. The van der Waals surface area contributed by atoms with Crippen molar-refractivity contribution in [3.8, 4) is 0 Å². The molecule has 2 aromatic carbocycles. The van der Waals surface area contributed by atoms with E-state index in [-0.39, 0.29) is 27.0 Å². The maximum Gasteiger partial charge on any atom is 0.173 e. The van der Waals surface area contributed by atoms with E-state index in [0.29, 0.717) is 0 Å². The number of hydrogen-bond donors (Lipinski definition) is 1. The molecule has 0 amide bonds. The van der Waals surface area contributed by atoms with E-state index < -0.39 is 23.6 Å². The molecule has 1 nitrogen and oxygen atoms in total. The Hall–Kier alpha value is -1.04. The number of halogens is 5. The Bertz CT molecular complexity index is 649. The van der Waals surface area contributed by atoms with Crippen LogP contribution in [0.3, 0.4) is 0 Å². The Morgan fingerprint density at radius 1 is 1.10 bits per heavy atom. The van der Waals surface area contributed by atoms with Crippen LogP contribution in [-0.2, 0) is 6.42 Å². The standard InChI is InChI=1S/C14H9BrClF3O/c15-12-8(4-5-10(17)14(12)19)11(20)6-7-2-1-3-9(16)13(7)18/h1-5,11,20H,6H2. The van der Waals surface area contributed by atoms with Gasteiger partial charge in [-0.05, 0) is 39.2 Å². The molecule has 2 aromatic rings. The molecule has 0 aliphatic rings. The molecule has 0 saturated heterocycles. The van der Waals surface area contributed by atoms with E-state index in [1.165, 1.54) is 18.2 Å². The SMILES string of the molecule is OC(Cc1cccc(Cl)c1F)c1ccc(F)c(F)c1Br. The van der Waals surface area contributed by atoms with Crippen LogP contribution in [0.25, 0.3) is 0 Å². The Morgan fingerprint density at radius 3 is 2.50 bits per heavy atom. The van der Waals surface area contributed by atoms with Crippen molar-refractivity contribution < 1.29 is 18.3 Å². The fourth-order valence-corrected chi connectivity index (χ4v) is 2.60. The molecule has 0 aromatic heterocycles. The van der Waals surface area contributed by atoms with Gasteiger partial charge in [-0.2, -0.15) is 0 Å². The predicted molar refractivity (Wildman–Crippen MR) is 74.1 cm³/mol. The molecule has 0 spiro atoms. The Balaban J connectivity index is 2.31. The Morgan fingerprint density at radius 2 is 1.80 bits per heavy atom. The quantitative estimate of drug-likeness (QED) is 0.775. The van der Waals surface area contributed by atoms with Crippen LogP contribution in [0.4, 0.5) is 13.2 Å². The van der Waals surface area contributed by atoms with Crippen LogP contribution >= 0.6 is 27.5 Å². The van der Waals surface area contributed by atoms with Crippen LogP contribution in [0, 0.1) is 17.5 Å². The maximum absolute atomic E-state index is 13.7. The first-order valence-electron chi connectivity index (χ1n) is 5.66. The lowest BCUT2D eigenvalue weighted by Gasteiger charge is -2.14. The second-order valence-electron chi connectivity index (χ2n) is 4.20. The van der Waals surface area contributed by atoms with Gasteiger partial charge in [0.15, 0.2) is 11.6 Å².